The van der Waals surface area contributed by atoms with Crippen molar-refractivity contribution in [2.24, 2.45) is 0 Å². The predicted molar refractivity (Wildman–Crippen MR) is 109 cm³/mol. The van der Waals surface area contributed by atoms with Crippen LogP contribution < -0.4 is 15.0 Å². The van der Waals surface area contributed by atoms with Gasteiger partial charge in [0.1, 0.15) is 5.57 Å². The van der Waals surface area contributed by atoms with Crippen LogP contribution in [0.25, 0.3) is 6.08 Å². The first-order valence-electron chi connectivity index (χ1n) is 8.86. The molecule has 1 saturated heterocycles. The lowest BCUT2D eigenvalue weighted by atomic mass is 10.0. The molecule has 3 rings (SSSR count). The number of hydrogen-bond donors (Lipinski definition) is 2. The zero-order chi connectivity index (χ0) is 21.3. The number of carbonyl (C=O) groups is 3. The number of rotatable bonds is 4. The maximum atomic E-state index is 13.0. The number of aryl methyl sites for hydroxylation is 2. The van der Waals surface area contributed by atoms with Gasteiger partial charge in [-0.2, -0.15) is 0 Å². The van der Waals surface area contributed by atoms with Gasteiger partial charge in [0.05, 0.1) is 17.3 Å². The first-order chi connectivity index (χ1) is 13.7. The SMILES string of the molecule is CCOc1cc(C=C2C(=O)NC(=O)N(c3cc(C)cc(C)c3)C2=O)cc(Cl)c1O. The van der Waals surface area contributed by atoms with Crippen LogP contribution in [0.3, 0.4) is 0 Å². The third kappa shape index (κ3) is 4.09. The maximum Gasteiger partial charge on any atom is 0.335 e. The number of carbonyl (C=O) groups excluding carboxylic acids is 3. The van der Waals surface area contributed by atoms with E-state index >= 15 is 0 Å². The number of barbiturate groups is 1. The summed E-state index contributed by atoms with van der Waals surface area (Å²) in [5.41, 5.74) is 2.23. The molecule has 0 radical (unpaired) electrons. The molecule has 1 heterocycles. The lowest BCUT2D eigenvalue weighted by Gasteiger charge is -2.27. The molecule has 4 amide bonds. The van der Waals surface area contributed by atoms with E-state index in [1.54, 1.807) is 19.1 Å². The van der Waals surface area contributed by atoms with Gasteiger partial charge in [0.15, 0.2) is 11.5 Å². The number of aromatic hydroxyl groups is 1. The van der Waals surface area contributed by atoms with Gasteiger partial charge in [-0.1, -0.05) is 17.7 Å². The van der Waals surface area contributed by atoms with Crippen molar-refractivity contribution in [3.05, 3.63) is 57.6 Å². The largest absolute Gasteiger partial charge is 0.503 e. The molecule has 0 atom stereocenters. The Morgan fingerprint density at radius 3 is 2.38 bits per heavy atom. The minimum Gasteiger partial charge on any atom is -0.503 e. The second-order valence-electron chi connectivity index (χ2n) is 6.59. The number of phenolic OH excluding ortho intramolecular Hbond substituents is 1. The molecule has 1 fully saturated rings. The fourth-order valence-corrected chi connectivity index (χ4v) is 3.30. The highest BCUT2D eigenvalue weighted by Crippen LogP contribution is 2.36. The molecule has 0 aliphatic carbocycles. The Balaban J connectivity index is 2.06. The van der Waals surface area contributed by atoms with Crippen molar-refractivity contribution >= 4 is 41.2 Å². The Hall–Kier alpha value is -3.32. The minimum atomic E-state index is -0.819. The van der Waals surface area contributed by atoms with Gasteiger partial charge in [0, 0.05) is 0 Å². The van der Waals surface area contributed by atoms with Gasteiger partial charge in [-0.15, -0.1) is 0 Å². The number of anilines is 1. The number of amides is 4. The molecular weight excluding hydrogens is 396 g/mol. The molecule has 2 aromatic carbocycles. The van der Waals surface area contributed by atoms with E-state index < -0.39 is 17.8 Å². The van der Waals surface area contributed by atoms with Crippen LogP contribution in [0.2, 0.25) is 5.02 Å². The monoisotopic (exact) mass is 414 g/mol. The van der Waals surface area contributed by atoms with Crippen molar-refractivity contribution in [1.82, 2.24) is 5.32 Å². The Morgan fingerprint density at radius 1 is 1.10 bits per heavy atom. The van der Waals surface area contributed by atoms with Crippen molar-refractivity contribution in [2.75, 3.05) is 11.5 Å². The summed E-state index contributed by atoms with van der Waals surface area (Å²) in [5.74, 6) is -1.69. The third-order valence-electron chi connectivity index (χ3n) is 4.23. The molecule has 1 aliphatic heterocycles. The Morgan fingerprint density at radius 2 is 1.76 bits per heavy atom. The lowest BCUT2D eigenvalue weighted by Crippen LogP contribution is -2.54. The standard InChI is InChI=1S/C21H19ClN2O5/c1-4-29-17-10-13(9-16(22)18(17)25)8-15-19(26)23-21(28)24(20(15)27)14-6-11(2)5-12(3)7-14/h5-10,25H,4H2,1-3H3,(H,23,26,28). The number of benzene rings is 2. The number of halogens is 1. The van der Waals surface area contributed by atoms with Gasteiger partial charge in [-0.25, -0.2) is 9.69 Å². The molecule has 150 valence electrons. The average molecular weight is 415 g/mol. The molecule has 8 heteroatoms. The summed E-state index contributed by atoms with van der Waals surface area (Å²) in [6, 6.07) is 7.30. The zero-order valence-corrected chi connectivity index (χ0v) is 16.8. The normalized spacial score (nSPS) is 15.7. The van der Waals surface area contributed by atoms with E-state index in [-0.39, 0.29) is 28.7 Å². The highest BCUT2D eigenvalue weighted by molar-refractivity contribution is 6.39. The molecule has 7 nitrogen and oxygen atoms in total. The number of hydrogen-bond acceptors (Lipinski definition) is 5. The second-order valence-corrected chi connectivity index (χ2v) is 6.99. The molecule has 29 heavy (non-hydrogen) atoms. The van der Waals surface area contributed by atoms with Gasteiger partial charge in [-0.3, -0.25) is 14.9 Å². The van der Waals surface area contributed by atoms with Gasteiger partial charge in [0.25, 0.3) is 11.8 Å². The number of nitrogens with one attached hydrogen (secondary N) is 1. The average Bonchev–Trinajstić information content (AvgIpc) is 2.62. The van der Waals surface area contributed by atoms with E-state index in [1.165, 1.54) is 18.2 Å². The van der Waals surface area contributed by atoms with Gasteiger partial charge in [0.2, 0.25) is 0 Å². The molecule has 0 spiro atoms. The van der Waals surface area contributed by atoms with E-state index in [1.807, 2.05) is 19.9 Å². The number of nitrogens with zero attached hydrogens (tertiary/aromatic N) is 1. The molecule has 0 bridgehead atoms. The van der Waals surface area contributed by atoms with Gasteiger partial charge < -0.3 is 9.84 Å². The highest BCUT2D eigenvalue weighted by atomic mass is 35.5. The smallest absolute Gasteiger partial charge is 0.335 e. The molecular formula is C21H19ClN2O5. The Bertz CT molecular complexity index is 1040. The first kappa shape index (κ1) is 20.4. The number of ether oxygens (including phenoxy) is 1. The van der Waals surface area contributed by atoms with Crippen LogP contribution in [0.15, 0.2) is 35.9 Å². The summed E-state index contributed by atoms with van der Waals surface area (Å²) in [7, 11) is 0. The van der Waals surface area contributed by atoms with Crippen LogP contribution in [0.4, 0.5) is 10.5 Å². The van der Waals surface area contributed by atoms with Crippen LogP contribution >= 0.6 is 11.6 Å². The minimum absolute atomic E-state index is 0.00806. The molecule has 2 N–H and O–H groups in total. The molecule has 1 aliphatic rings. The summed E-state index contributed by atoms with van der Waals surface area (Å²) in [6.45, 7) is 5.72. The van der Waals surface area contributed by atoms with Crippen LogP contribution in [0, 0.1) is 13.8 Å². The number of urea groups is 1. The van der Waals surface area contributed by atoms with E-state index in [0.29, 0.717) is 11.3 Å². The summed E-state index contributed by atoms with van der Waals surface area (Å²) in [6.07, 6.45) is 1.30. The van der Waals surface area contributed by atoms with E-state index in [2.05, 4.69) is 5.32 Å². The lowest BCUT2D eigenvalue weighted by molar-refractivity contribution is -0.122. The second kappa shape index (κ2) is 7.97. The summed E-state index contributed by atoms with van der Waals surface area (Å²) in [5, 5.41) is 12.2. The van der Waals surface area contributed by atoms with Crippen molar-refractivity contribution in [3.63, 3.8) is 0 Å². The van der Waals surface area contributed by atoms with Crippen LogP contribution in [0.1, 0.15) is 23.6 Å². The first-order valence-corrected chi connectivity index (χ1v) is 9.24. The summed E-state index contributed by atoms with van der Waals surface area (Å²) >= 11 is 6.02. The summed E-state index contributed by atoms with van der Waals surface area (Å²) < 4.78 is 5.32. The summed E-state index contributed by atoms with van der Waals surface area (Å²) in [4.78, 5) is 38.6. The quantitative estimate of drug-likeness (QED) is 0.587. The third-order valence-corrected chi connectivity index (χ3v) is 4.52. The molecule has 0 aromatic heterocycles. The van der Waals surface area contributed by atoms with Crippen LogP contribution in [-0.2, 0) is 9.59 Å². The van der Waals surface area contributed by atoms with E-state index in [4.69, 9.17) is 16.3 Å². The Labute approximate surface area is 172 Å². The van der Waals surface area contributed by atoms with E-state index in [9.17, 15) is 19.5 Å². The van der Waals surface area contributed by atoms with Gasteiger partial charge >= 0.3 is 6.03 Å². The molecule has 0 unspecified atom stereocenters. The number of imide groups is 2. The highest BCUT2D eigenvalue weighted by Gasteiger charge is 2.37. The van der Waals surface area contributed by atoms with E-state index in [0.717, 1.165) is 16.0 Å². The topological polar surface area (TPSA) is 95.9 Å². The van der Waals surface area contributed by atoms with Crippen molar-refractivity contribution in [3.8, 4) is 11.5 Å². The fraction of sp³-hybridized carbons (Fsp3) is 0.190. The Kier molecular flexibility index (Phi) is 5.61. The zero-order valence-electron chi connectivity index (χ0n) is 16.1. The van der Waals surface area contributed by atoms with Crippen molar-refractivity contribution < 1.29 is 24.2 Å². The van der Waals surface area contributed by atoms with Crippen molar-refractivity contribution in [2.45, 2.75) is 20.8 Å². The maximum absolute atomic E-state index is 13.0. The fourth-order valence-electron chi connectivity index (χ4n) is 3.08. The molecule has 0 saturated carbocycles. The molecule has 2 aromatic rings. The van der Waals surface area contributed by atoms with Crippen LogP contribution in [-0.4, -0.2) is 29.6 Å². The predicted octanol–water partition coefficient (Wildman–Crippen LogP) is 3.73. The van der Waals surface area contributed by atoms with Gasteiger partial charge in [-0.05, 0) is 67.8 Å². The number of phenols is 1. The van der Waals surface area contributed by atoms with Crippen molar-refractivity contribution in [1.29, 1.82) is 0 Å². The van der Waals surface area contributed by atoms with Crippen LogP contribution in [0.5, 0.6) is 11.5 Å².